The van der Waals surface area contributed by atoms with Gasteiger partial charge in [0.15, 0.2) is 0 Å². The van der Waals surface area contributed by atoms with E-state index in [4.69, 9.17) is 9.47 Å². The highest BCUT2D eigenvalue weighted by Gasteiger charge is 2.29. The van der Waals surface area contributed by atoms with Gasteiger partial charge < -0.3 is 14.8 Å². The van der Waals surface area contributed by atoms with Crippen molar-refractivity contribution < 1.29 is 22.7 Å². The molecular weight excluding hydrogens is 416 g/mol. The van der Waals surface area contributed by atoms with Gasteiger partial charge in [0.2, 0.25) is 15.9 Å². The summed E-state index contributed by atoms with van der Waals surface area (Å²) >= 11 is 0. The van der Waals surface area contributed by atoms with Crippen LogP contribution in [0.1, 0.15) is 36.8 Å². The van der Waals surface area contributed by atoms with Crippen molar-refractivity contribution in [2.24, 2.45) is 0 Å². The van der Waals surface area contributed by atoms with Gasteiger partial charge in [0.25, 0.3) is 0 Å². The minimum absolute atomic E-state index is 0.0707. The van der Waals surface area contributed by atoms with Gasteiger partial charge in [-0.1, -0.05) is 18.6 Å². The Bertz CT molecular complexity index is 1030. The van der Waals surface area contributed by atoms with Crippen molar-refractivity contribution in [3.8, 4) is 11.5 Å². The van der Waals surface area contributed by atoms with Crippen LogP contribution in [-0.2, 0) is 14.8 Å². The molecule has 31 heavy (non-hydrogen) atoms. The smallest absolute Gasteiger partial charge is 0.246 e. The van der Waals surface area contributed by atoms with Gasteiger partial charge in [-0.2, -0.15) is 4.31 Å². The number of benzene rings is 2. The average molecular weight is 447 g/mol. The van der Waals surface area contributed by atoms with E-state index in [1.54, 1.807) is 12.1 Å². The number of anilines is 1. The molecule has 1 aliphatic rings. The second kappa shape index (κ2) is 10.2. The fourth-order valence-electron chi connectivity index (χ4n) is 3.56. The molecule has 1 saturated heterocycles. The Morgan fingerprint density at radius 3 is 2.52 bits per heavy atom. The number of amides is 1. The first kappa shape index (κ1) is 23.1. The van der Waals surface area contributed by atoms with Crippen molar-refractivity contribution >= 4 is 21.6 Å². The fourth-order valence-corrected chi connectivity index (χ4v) is 5.26. The van der Waals surface area contributed by atoms with Crippen LogP contribution < -0.4 is 14.8 Å². The maximum absolute atomic E-state index is 13.1. The van der Waals surface area contributed by atoms with Crippen LogP contribution in [0.2, 0.25) is 0 Å². The molecule has 1 fully saturated rings. The van der Waals surface area contributed by atoms with Crippen LogP contribution >= 0.6 is 0 Å². The summed E-state index contributed by atoms with van der Waals surface area (Å²) in [6.07, 6.45) is 2.87. The Morgan fingerprint density at radius 1 is 1.06 bits per heavy atom. The van der Waals surface area contributed by atoms with E-state index < -0.39 is 10.0 Å². The summed E-state index contributed by atoms with van der Waals surface area (Å²) in [4.78, 5) is 12.5. The number of piperidine rings is 1. The molecule has 7 nitrogen and oxygen atoms in total. The highest BCUT2D eigenvalue weighted by molar-refractivity contribution is 7.89. The Kier molecular flexibility index (Phi) is 7.56. The third-order valence-electron chi connectivity index (χ3n) is 5.52. The van der Waals surface area contributed by atoms with Crippen molar-refractivity contribution in [2.45, 2.75) is 44.4 Å². The molecule has 0 bridgehead atoms. The third-order valence-corrected chi connectivity index (χ3v) is 7.44. The molecule has 0 spiro atoms. The summed E-state index contributed by atoms with van der Waals surface area (Å²) in [5.74, 6) is 0.769. The molecule has 8 heteroatoms. The highest BCUT2D eigenvalue weighted by atomic mass is 32.2. The second-order valence-corrected chi connectivity index (χ2v) is 9.58. The van der Waals surface area contributed by atoms with Crippen LogP contribution in [0.4, 0.5) is 5.69 Å². The summed E-state index contributed by atoms with van der Waals surface area (Å²) in [5, 5.41) is 2.76. The lowest BCUT2D eigenvalue weighted by molar-refractivity contribution is -0.116. The number of hydrogen-bond donors (Lipinski definition) is 1. The van der Waals surface area contributed by atoms with E-state index in [1.165, 1.54) is 17.5 Å². The average Bonchev–Trinajstić information content (AvgIpc) is 2.77. The number of ether oxygens (including phenoxy) is 2. The van der Waals surface area contributed by atoms with Gasteiger partial charge in [-0.25, -0.2) is 8.42 Å². The lowest BCUT2D eigenvalue weighted by Gasteiger charge is -2.26. The quantitative estimate of drug-likeness (QED) is 0.665. The predicted molar refractivity (Wildman–Crippen MR) is 120 cm³/mol. The van der Waals surface area contributed by atoms with Gasteiger partial charge in [0, 0.05) is 18.8 Å². The van der Waals surface area contributed by atoms with Gasteiger partial charge in [0.1, 0.15) is 16.4 Å². The lowest BCUT2D eigenvalue weighted by Crippen LogP contribution is -2.35. The van der Waals surface area contributed by atoms with Gasteiger partial charge in [-0.3, -0.25) is 4.79 Å². The number of rotatable bonds is 8. The molecule has 0 atom stereocenters. The molecular formula is C23H30N2O5S. The number of nitrogens with one attached hydrogen (secondary N) is 1. The molecule has 2 aromatic rings. The van der Waals surface area contributed by atoms with E-state index in [0.717, 1.165) is 36.1 Å². The normalized spacial score (nSPS) is 14.8. The zero-order valence-corrected chi connectivity index (χ0v) is 19.1. The number of aryl methyl sites for hydroxylation is 1. The summed E-state index contributed by atoms with van der Waals surface area (Å²) in [6.45, 7) is 5.21. The molecule has 0 saturated carbocycles. The van der Waals surface area contributed by atoms with Gasteiger partial charge in [0.05, 0.1) is 20.1 Å². The first-order chi connectivity index (χ1) is 14.8. The van der Waals surface area contributed by atoms with Crippen LogP contribution in [0, 0.1) is 13.8 Å². The maximum atomic E-state index is 13.1. The van der Waals surface area contributed by atoms with Crippen molar-refractivity contribution in [1.29, 1.82) is 0 Å². The molecule has 3 rings (SSSR count). The van der Waals surface area contributed by atoms with Crippen LogP contribution in [0.15, 0.2) is 41.3 Å². The molecule has 1 amide bonds. The van der Waals surface area contributed by atoms with Crippen LogP contribution in [0.5, 0.6) is 11.5 Å². The zero-order valence-electron chi connectivity index (χ0n) is 18.3. The highest BCUT2D eigenvalue weighted by Crippen LogP contribution is 2.31. The largest absolute Gasteiger partial charge is 0.495 e. The summed E-state index contributed by atoms with van der Waals surface area (Å²) < 4.78 is 38.7. The fraction of sp³-hybridized carbons (Fsp3) is 0.435. The van der Waals surface area contributed by atoms with Gasteiger partial charge >= 0.3 is 0 Å². The van der Waals surface area contributed by atoms with Crippen LogP contribution in [-0.4, -0.2) is 45.4 Å². The monoisotopic (exact) mass is 446 g/mol. The number of hydrogen-bond acceptors (Lipinski definition) is 5. The van der Waals surface area contributed by atoms with Crippen molar-refractivity contribution in [3.63, 3.8) is 0 Å². The standard InChI is InChI=1S/C23H30N2O5S/c1-17-8-7-9-20(18(17)2)30-15-12-23(26)24-19-10-11-21(29-3)22(16-19)31(27,28)25-13-5-4-6-14-25/h7-11,16H,4-6,12-15H2,1-3H3,(H,24,26). The van der Waals surface area contributed by atoms with Crippen molar-refractivity contribution in [3.05, 3.63) is 47.5 Å². The summed E-state index contributed by atoms with van der Waals surface area (Å²) in [6, 6.07) is 10.5. The van der Waals surface area contributed by atoms with Crippen molar-refractivity contribution in [1.82, 2.24) is 4.31 Å². The lowest BCUT2D eigenvalue weighted by atomic mass is 10.1. The van der Waals surface area contributed by atoms with Crippen molar-refractivity contribution in [2.75, 3.05) is 32.1 Å². The number of nitrogens with zero attached hydrogens (tertiary/aromatic N) is 1. The minimum atomic E-state index is -3.69. The zero-order chi connectivity index (χ0) is 22.4. The van der Waals surface area contributed by atoms with E-state index >= 15 is 0 Å². The van der Waals surface area contributed by atoms with Crippen LogP contribution in [0.3, 0.4) is 0 Å². The van der Waals surface area contributed by atoms with E-state index in [2.05, 4.69) is 5.32 Å². The SMILES string of the molecule is COc1ccc(NC(=O)CCOc2cccc(C)c2C)cc1S(=O)(=O)N1CCCCC1. The Hall–Kier alpha value is -2.58. The summed E-state index contributed by atoms with van der Waals surface area (Å²) in [7, 11) is -2.25. The van der Waals surface area contributed by atoms with E-state index in [9.17, 15) is 13.2 Å². The molecule has 0 aliphatic carbocycles. The van der Waals surface area contributed by atoms with Gasteiger partial charge in [-0.05, 0) is 62.1 Å². The van der Waals surface area contributed by atoms with Gasteiger partial charge in [-0.15, -0.1) is 0 Å². The molecule has 0 unspecified atom stereocenters. The summed E-state index contributed by atoms with van der Waals surface area (Å²) in [5.41, 5.74) is 2.58. The number of carbonyl (C=O) groups excluding carboxylic acids is 1. The van der Waals surface area contributed by atoms with E-state index in [0.29, 0.717) is 18.8 Å². The Labute approximate surface area is 184 Å². The molecule has 1 aliphatic heterocycles. The number of carbonyl (C=O) groups is 1. The second-order valence-electron chi connectivity index (χ2n) is 7.68. The maximum Gasteiger partial charge on any atom is 0.246 e. The predicted octanol–water partition coefficient (Wildman–Crippen LogP) is 3.89. The number of methoxy groups -OCH3 is 1. The Morgan fingerprint density at radius 2 is 1.81 bits per heavy atom. The topological polar surface area (TPSA) is 84.9 Å². The third kappa shape index (κ3) is 5.57. The molecule has 168 valence electrons. The molecule has 2 aromatic carbocycles. The first-order valence-electron chi connectivity index (χ1n) is 10.5. The van der Waals surface area contributed by atoms with E-state index in [1.807, 2.05) is 32.0 Å². The minimum Gasteiger partial charge on any atom is -0.495 e. The first-order valence-corrected chi connectivity index (χ1v) is 11.9. The van der Waals surface area contributed by atoms with E-state index in [-0.39, 0.29) is 29.6 Å². The van der Waals surface area contributed by atoms with Crippen LogP contribution in [0.25, 0.3) is 0 Å². The molecule has 0 aromatic heterocycles. The molecule has 0 radical (unpaired) electrons. The molecule has 1 N–H and O–H groups in total. The molecule has 1 heterocycles. The number of sulfonamides is 1. The Balaban J connectivity index is 1.66.